The van der Waals surface area contributed by atoms with Gasteiger partial charge in [-0.25, -0.2) is 4.98 Å². The highest BCUT2D eigenvalue weighted by molar-refractivity contribution is 9.10. The number of hydrogen-bond acceptors (Lipinski definition) is 4. The Balaban J connectivity index is 1.49. The van der Waals surface area contributed by atoms with Gasteiger partial charge in [0.1, 0.15) is 36.6 Å². The minimum Gasteiger partial charge on any atom is -0.491 e. The van der Waals surface area contributed by atoms with Crippen molar-refractivity contribution in [1.29, 1.82) is 0 Å². The number of aliphatic hydroxyl groups is 1. The highest BCUT2D eigenvalue weighted by Gasteiger charge is 2.16. The van der Waals surface area contributed by atoms with Gasteiger partial charge in [-0.1, -0.05) is 45.8 Å². The Morgan fingerprint density at radius 3 is 2.55 bits per heavy atom. The summed E-state index contributed by atoms with van der Waals surface area (Å²) >= 11 is 3.41. The van der Waals surface area contributed by atoms with E-state index < -0.39 is 6.10 Å². The molecule has 1 unspecified atom stereocenters. The first kappa shape index (κ1) is 21.4. The largest absolute Gasteiger partial charge is 0.491 e. The molecule has 1 atom stereocenters. The van der Waals surface area contributed by atoms with Crippen molar-refractivity contribution in [3.05, 3.63) is 88.2 Å². The summed E-state index contributed by atoms with van der Waals surface area (Å²) in [5, 5.41) is 10.7. The Morgan fingerprint density at radius 1 is 1.00 bits per heavy atom. The van der Waals surface area contributed by atoms with E-state index in [0.29, 0.717) is 13.2 Å². The molecule has 1 heterocycles. The number of aliphatic hydroxyl groups excluding tert-OH is 1. The molecule has 0 spiro atoms. The van der Waals surface area contributed by atoms with E-state index in [1.54, 1.807) is 0 Å². The number of aromatic nitrogens is 2. The van der Waals surface area contributed by atoms with Crippen molar-refractivity contribution in [1.82, 2.24) is 9.55 Å². The zero-order valence-electron chi connectivity index (χ0n) is 17.6. The number of halogens is 1. The van der Waals surface area contributed by atoms with Crippen LogP contribution in [-0.4, -0.2) is 27.4 Å². The van der Waals surface area contributed by atoms with Crippen LogP contribution in [0.5, 0.6) is 11.5 Å². The van der Waals surface area contributed by atoms with Gasteiger partial charge in [-0.15, -0.1) is 0 Å². The second-order valence-corrected chi connectivity index (χ2v) is 8.52. The zero-order valence-corrected chi connectivity index (χ0v) is 19.2. The van der Waals surface area contributed by atoms with Gasteiger partial charge in [0.25, 0.3) is 0 Å². The van der Waals surface area contributed by atoms with Gasteiger partial charge in [0.05, 0.1) is 17.6 Å². The minimum atomic E-state index is -0.693. The number of ether oxygens (including phenoxy) is 2. The number of rotatable bonds is 8. The van der Waals surface area contributed by atoms with Crippen LogP contribution in [-0.2, 0) is 13.2 Å². The highest BCUT2D eigenvalue weighted by atomic mass is 79.9. The molecule has 1 N–H and O–H groups in total. The lowest BCUT2D eigenvalue weighted by atomic mass is 10.1. The average molecular weight is 481 g/mol. The lowest BCUT2D eigenvalue weighted by molar-refractivity contribution is 0.0917. The third-order valence-electron chi connectivity index (χ3n) is 5.07. The maximum atomic E-state index is 10.7. The molecule has 1 aromatic heterocycles. The molecule has 0 fully saturated rings. The standard InChI is InChI=1S/C25H25BrN2O3/c1-17-7-12-24(18(2)13-17)31-16-25-27-22-5-3-4-6-23(22)28(25)14-20(29)15-30-21-10-8-19(26)9-11-21/h3-13,20,29H,14-16H2,1-2H3. The van der Waals surface area contributed by atoms with Gasteiger partial charge >= 0.3 is 0 Å². The number of para-hydroxylation sites is 2. The lowest BCUT2D eigenvalue weighted by Gasteiger charge is -2.16. The van der Waals surface area contributed by atoms with Gasteiger partial charge in [0, 0.05) is 4.47 Å². The molecule has 0 aliphatic carbocycles. The smallest absolute Gasteiger partial charge is 0.148 e. The van der Waals surface area contributed by atoms with E-state index in [-0.39, 0.29) is 6.61 Å². The Labute approximate surface area is 190 Å². The summed E-state index contributed by atoms with van der Waals surface area (Å²) in [6, 6.07) is 21.6. The van der Waals surface area contributed by atoms with Crippen molar-refractivity contribution < 1.29 is 14.6 Å². The first-order chi connectivity index (χ1) is 15.0. The number of benzene rings is 3. The molecule has 0 saturated heterocycles. The number of nitrogens with zero attached hydrogens (tertiary/aromatic N) is 2. The van der Waals surface area contributed by atoms with Gasteiger partial charge in [0.15, 0.2) is 0 Å². The molecule has 31 heavy (non-hydrogen) atoms. The molecule has 0 amide bonds. The monoisotopic (exact) mass is 480 g/mol. The quantitative estimate of drug-likeness (QED) is 0.365. The van der Waals surface area contributed by atoms with Crippen molar-refractivity contribution in [2.75, 3.05) is 6.61 Å². The van der Waals surface area contributed by atoms with Crippen LogP contribution in [0.4, 0.5) is 0 Å². The predicted molar refractivity (Wildman–Crippen MR) is 126 cm³/mol. The topological polar surface area (TPSA) is 56.5 Å². The van der Waals surface area contributed by atoms with E-state index in [0.717, 1.165) is 38.4 Å². The van der Waals surface area contributed by atoms with E-state index in [2.05, 4.69) is 28.9 Å². The van der Waals surface area contributed by atoms with E-state index in [1.807, 2.05) is 72.2 Å². The van der Waals surface area contributed by atoms with Crippen LogP contribution in [0, 0.1) is 13.8 Å². The van der Waals surface area contributed by atoms with Crippen molar-refractivity contribution >= 4 is 27.0 Å². The second-order valence-electron chi connectivity index (χ2n) is 7.60. The Bertz CT molecular complexity index is 1170. The van der Waals surface area contributed by atoms with Crippen LogP contribution >= 0.6 is 15.9 Å². The fourth-order valence-corrected chi connectivity index (χ4v) is 3.79. The van der Waals surface area contributed by atoms with E-state index in [9.17, 15) is 5.11 Å². The third-order valence-corrected chi connectivity index (χ3v) is 5.60. The van der Waals surface area contributed by atoms with Gasteiger partial charge in [-0.2, -0.15) is 0 Å². The molecule has 4 aromatic rings. The SMILES string of the molecule is Cc1ccc(OCc2nc3ccccc3n2CC(O)COc2ccc(Br)cc2)c(C)c1. The second kappa shape index (κ2) is 9.54. The molecule has 0 bridgehead atoms. The van der Waals surface area contributed by atoms with Crippen molar-refractivity contribution in [3.8, 4) is 11.5 Å². The predicted octanol–water partition coefficient (Wildman–Crippen LogP) is 5.43. The maximum Gasteiger partial charge on any atom is 0.148 e. The molecular formula is C25H25BrN2O3. The van der Waals surface area contributed by atoms with Gasteiger partial charge in [0.2, 0.25) is 0 Å². The number of hydrogen-bond donors (Lipinski definition) is 1. The summed E-state index contributed by atoms with van der Waals surface area (Å²) in [6.07, 6.45) is -0.693. The maximum absolute atomic E-state index is 10.7. The normalized spacial score (nSPS) is 12.1. The van der Waals surface area contributed by atoms with Crippen LogP contribution in [0.25, 0.3) is 11.0 Å². The molecule has 4 rings (SSSR count). The van der Waals surface area contributed by atoms with Gasteiger partial charge in [-0.3, -0.25) is 0 Å². The van der Waals surface area contributed by atoms with Crippen LogP contribution in [0.1, 0.15) is 17.0 Å². The molecule has 3 aromatic carbocycles. The summed E-state index contributed by atoms with van der Waals surface area (Å²) in [5.74, 6) is 2.32. The highest BCUT2D eigenvalue weighted by Crippen LogP contribution is 2.22. The Morgan fingerprint density at radius 2 is 1.77 bits per heavy atom. The molecule has 0 saturated carbocycles. The van der Waals surface area contributed by atoms with Crippen LogP contribution in [0.3, 0.4) is 0 Å². The molecule has 160 valence electrons. The lowest BCUT2D eigenvalue weighted by Crippen LogP contribution is -2.25. The summed E-state index contributed by atoms with van der Waals surface area (Å²) in [4.78, 5) is 4.74. The number of imidazole rings is 1. The van der Waals surface area contributed by atoms with Crippen LogP contribution in [0.15, 0.2) is 71.2 Å². The summed E-state index contributed by atoms with van der Waals surface area (Å²) < 4.78 is 14.8. The average Bonchev–Trinajstić information content (AvgIpc) is 3.10. The molecule has 5 nitrogen and oxygen atoms in total. The van der Waals surface area contributed by atoms with Crippen molar-refractivity contribution in [2.24, 2.45) is 0 Å². The first-order valence-corrected chi connectivity index (χ1v) is 11.0. The van der Waals surface area contributed by atoms with Gasteiger partial charge in [-0.05, 0) is 61.9 Å². The van der Waals surface area contributed by atoms with E-state index in [4.69, 9.17) is 14.5 Å². The number of aryl methyl sites for hydroxylation is 2. The minimum absolute atomic E-state index is 0.186. The zero-order chi connectivity index (χ0) is 21.8. The molecule has 0 radical (unpaired) electrons. The third kappa shape index (κ3) is 5.27. The molecular weight excluding hydrogens is 456 g/mol. The Kier molecular flexibility index (Phi) is 6.59. The fraction of sp³-hybridized carbons (Fsp3) is 0.240. The van der Waals surface area contributed by atoms with E-state index in [1.165, 1.54) is 5.56 Å². The molecule has 6 heteroatoms. The molecule has 0 aliphatic heterocycles. The Hall–Kier alpha value is -2.83. The molecule has 0 aliphatic rings. The first-order valence-electron chi connectivity index (χ1n) is 10.2. The van der Waals surface area contributed by atoms with Crippen LogP contribution in [0.2, 0.25) is 0 Å². The van der Waals surface area contributed by atoms with Crippen molar-refractivity contribution in [2.45, 2.75) is 33.1 Å². The van der Waals surface area contributed by atoms with Crippen LogP contribution < -0.4 is 9.47 Å². The summed E-state index contributed by atoms with van der Waals surface area (Å²) in [5.41, 5.74) is 4.13. The van der Waals surface area contributed by atoms with Crippen molar-refractivity contribution in [3.63, 3.8) is 0 Å². The van der Waals surface area contributed by atoms with Gasteiger partial charge < -0.3 is 19.1 Å². The summed E-state index contributed by atoms with van der Waals surface area (Å²) in [6.45, 7) is 4.97. The fourth-order valence-electron chi connectivity index (χ4n) is 3.53. The van der Waals surface area contributed by atoms with E-state index >= 15 is 0 Å². The number of fused-ring (bicyclic) bond motifs is 1. The summed E-state index contributed by atoms with van der Waals surface area (Å²) in [7, 11) is 0.